The van der Waals surface area contributed by atoms with E-state index in [1.54, 1.807) is 18.2 Å². The van der Waals surface area contributed by atoms with Crippen molar-refractivity contribution in [1.82, 2.24) is 10.4 Å². The van der Waals surface area contributed by atoms with Gasteiger partial charge in [-0.05, 0) is 44.5 Å². The average molecular weight is 446 g/mol. The summed E-state index contributed by atoms with van der Waals surface area (Å²) in [5.74, 6) is 0.519. The van der Waals surface area contributed by atoms with Gasteiger partial charge in [-0.25, -0.2) is 10.4 Å². The minimum Gasteiger partial charge on any atom is -0.490 e. The van der Waals surface area contributed by atoms with Crippen LogP contribution in [-0.4, -0.2) is 29.8 Å². The van der Waals surface area contributed by atoms with Gasteiger partial charge in [0.1, 0.15) is 5.02 Å². The molecular formula is C18H19Cl3N4O3. The van der Waals surface area contributed by atoms with Crippen molar-refractivity contribution in [3.8, 4) is 11.5 Å². The third-order valence-electron chi connectivity index (χ3n) is 3.30. The summed E-state index contributed by atoms with van der Waals surface area (Å²) in [6.45, 7) is 6.21. The van der Waals surface area contributed by atoms with E-state index < -0.39 is 5.91 Å². The second kappa shape index (κ2) is 9.82. The number of hydrazone groups is 1. The molecule has 0 bridgehead atoms. The second-order valence-electron chi connectivity index (χ2n) is 5.80. The number of rotatable bonds is 7. The molecule has 28 heavy (non-hydrogen) atoms. The Morgan fingerprint density at radius 1 is 1.29 bits per heavy atom. The van der Waals surface area contributed by atoms with Crippen molar-refractivity contribution in [2.45, 2.75) is 26.9 Å². The predicted octanol–water partition coefficient (Wildman–Crippen LogP) is 4.57. The molecule has 0 atom stereocenters. The molecule has 0 fully saturated rings. The number of ether oxygens (including phenoxy) is 2. The van der Waals surface area contributed by atoms with Crippen LogP contribution in [0.2, 0.25) is 15.2 Å². The lowest BCUT2D eigenvalue weighted by atomic mass is 10.2. The second-order valence-corrected chi connectivity index (χ2v) is 6.91. The van der Waals surface area contributed by atoms with E-state index in [-0.39, 0.29) is 32.7 Å². The van der Waals surface area contributed by atoms with E-state index in [0.717, 1.165) is 0 Å². The molecule has 0 aliphatic rings. The van der Waals surface area contributed by atoms with Gasteiger partial charge in [-0.1, -0.05) is 34.8 Å². The SMILES string of the molecule is CCOc1cc(/C=N/NC(=O)c2nc(Cl)c(Cl)c(N)c2Cl)ccc1OC(C)C. The number of halogens is 3. The van der Waals surface area contributed by atoms with Crippen LogP contribution < -0.4 is 20.6 Å². The molecule has 0 unspecified atom stereocenters. The van der Waals surface area contributed by atoms with Crippen LogP contribution in [0.3, 0.4) is 0 Å². The number of carbonyl (C=O) groups is 1. The standard InChI is InChI=1S/C18H19Cl3N4O3/c1-4-27-12-7-10(5-6-11(12)28-9(2)3)8-23-25-18(26)16-13(19)15(22)14(20)17(21)24-16/h5-9H,4H2,1-3H3,(H2,22,24)(H,25,26)/b23-8+. The van der Waals surface area contributed by atoms with Crippen molar-refractivity contribution in [1.29, 1.82) is 0 Å². The molecule has 0 aliphatic carbocycles. The highest BCUT2D eigenvalue weighted by atomic mass is 35.5. The Kier molecular flexibility index (Phi) is 7.74. The Bertz CT molecular complexity index is 904. The summed E-state index contributed by atoms with van der Waals surface area (Å²) in [5.41, 5.74) is 8.50. The first kappa shape index (κ1) is 22.1. The summed E-state index contributed by atoms with van der Waals surface area (Å²) in [4.78, 5) is 16.1. The van der Waals surface area contributed by atoms with E-state index in [0.29, 0.717) is 23.7 Å². The lowest BCUT2D eigenvalue weighted by Gasteiger charge is -2.14. The minimum absolute atomic E-state index is 0.00824. The van der Waals surface area contributed by atoms with Gasteiger partial charge in [0.2, 0.25) is 0 Å². The van der Waals surface area contributed by atoms with Crippen LogP contribution in [0.1, 0.15) is 36.8 Å². The van der Waals surface area contributed by atoms with Crippen molar-refractivity contribution in [3.63, 3.8) is 0 Å². The van der Waals surface area contributed by atoms with Crippen LogP contribution in [0, 0.1) is 0 Å². The maximum Gasteiger partial charge on any atom is 0.291 e. The fraction of sp³-hybridized carbons (Fsp3) is 0.278. The van der Waals surface area contributed by atoms with Gasteiger partial charge in [0.25, 0.3) is 5.91 Å². The Labute approximate surface area is 177 Å². The van der Waals surface area contributed by atoms with Gasteiger partial charge < -0.3 is 15.2 Å². The van der Waals surface area contributed by atoms with Gasteiger partial charge in [0, 0.05) is 0 Å². The van der Waals surface area contributed by atoms with Crippen LogP contribution in [0.25, 0.3) is 0 Å². The summed E-state index contributed by atoms with van der Waals surface area (Å²) < 4.78 is 11.3. The zero-order chi connectivity index (χ0) is 20.8. The van der Waals surface area contributed by atoms with E-state index in [4.69, 9.17) is 50.0 Å². The number of pyridine rings is 1. The molecule has 1 amide bonds. The lowest BCUT2D eigenvalue weighted by molar-refractivity contribution is 0.0950. The number of nitrogen functional groups attached to an aromatic ring is 1. The van der Waals surface area contributed by atoms with Gasteiger partial charge in [0.15, 0.2) is 22.3 Å². The average Bonchev–Trinajstić information content (AvgIpc) is 2.64. The number of aromatic nitrogens is 1. The number of carbonyl (C=O) groups excluding carboxylic acids is 1. The van der Waals surface area contributed by atoms with Crippen molar-refractivity contribution in [2.75, 3.05) is 12.3 Å². The third kappa shape index (κ3) is 5.41. The van der Waals surface area contributed by atoms with Crippen molar-refractivity contribution in [3.05, 3.63) is 44.7 Å². The Morgan fingerprint density at radius 2 is 2.00 bits per heavy atom. The maximum absolute atomic E-state index is 12.2. The normalized spacial score (nSPS) is 11.1. The van der Waals surface area contributed by atoms with E-state index in [9.17, 15) is 4.79 Å². The van der Waals surface area contributed by atoms with Gasteiger partial charge in [-0.15, -0.1) is 0 Å². The van der Waals surface area contributed by atoms with Crippen LogP contribution in [0.5, 0.6) is 11.5 Å². The zero-order valence-corrected chi connectivity index (χ0v) is 17.7. The smallest absolute Gasteiger partial charge is 0.291 e. The number of benzene rings is 1. The highest BCUT2D eigenvalue weighted by molar-refractivity contribution is 6.46. The van der Waals surface area contributed by atoms with E-state index in [1.807, 2.05) is 20.8 Å². The van der Waals surface area contributed by atoms with Gasteiger partial charge in [-0.2, -0.15) is 5.10 Å². The minimum atomic E-state index is -0.684. The van der Waals surface area contributed by atoms with Crippen molar-refractivity contribution in [2.24, 2.45) is 5.10 Å². The first-order valence-electron chi connectivity index (χ1n) is 8.31. The molecule has 0 saturated heterocycles. The monoisotopic (exact) mass is 444 g/mol. The quantitative estimate of drug-likeness (QED) is 0.369. The first-order valence-corrected chi connectivity index (χ1v) is 9.44. The number of hydrogen-bond donors (Lipinski definition) is 2. The third-order valence-corrected chi connectivity index (χ3v) is 4.43. The molecule has 0 saturated carbocycles. The summed E-state index contributed by atoms with van der Waals surface area (Å²) in [6.07, 6.45) is 1.45. The molecule has 3 N–H and O–H groups in total. The Balaban J connectivity index is 2.16. The molecule has 2 aromatic rings. The van der Waals surface area contributed by atoms with Crippen LogP contribution in [0.15, 0.2) is 23.3 Å². The zero-order valence-electron chi connectivity index (χ0n) is 15.4. The molecular weight excluding hydrogens is 427 g/mol. The van der Waals surface area contributed by atoms with E-state index in [2.05, 4.69) is 15.5 Å². The molecule has 1 heterocycles. The predicted molar refractivity (Wildman–Crippen MR) is 112 cm³/mol. The number of anilines is 1. The van der Waals surface area contributed by atoms with E-state index >= 15 is 0 Å². The number of nitrogens with two attached hydrogens (primary N) is 1. The molecule has 0 radical (unpaired) electrons. The largest absolute Gasteiger partial charge is 0.490 e. The lowest BCUT2D eigenvalue weighted by Crippen LogP contribution is -2.20. The van der Waals surface area contributed by atoms with Crippen molar-refractivity contribution >= 4 is 52.6 Å². The summed E-state index contributed by atoms with van der Waals surface area (Å²) in [5, 5.41) is 3.66. The molecule has 0 aliphatic heterocycles. The molecule has 2 rings (SSSR count). The summed E-state index contributed by atoms with van der Waals surface area (Å²) >= 11 is 17.7. The topological polar surface area (TPSA) is 98.8 Å². The van der Waals surface area contributed by atoms with Gasteiger partial charge >= 0.3 is 0 Å². The number of hydrogen-bond acceptors (Lipinski definition) is 6. The van der Waals surface area contributed by atoms with E-state index in [1.165, 1.54) is 6.21 Å². The van der Waals surface area contributed by atoms with Crippen LogP contribution in [0.4, 0.5) is 5.69 Å². The highest BCUT2D eigenvalue weighted by Gasteiger charge is 2.19. The van der Waals surface area contributed by atoms with Crippen LogP contribution >= 0.6 is 34.8 Å². The first-order chi connectivity index (χ1) is 13.2. The van der Waals surface area contributed by atoms with Gasteiger partial charge in [-0.3, -0.25) is 4.79 Å². The highest BCUT2D eigenvalue weighted by Crippen LogP contribution is 2.34. The Morgan fingerprint density at radius 3 is 2.64 bits per heavy atom. The summed E-state index contributed by atoms with van der Waals surface area (Å²) in [7, 11) is 0. The summed E-state index contributed by atoms with van der Waals surface area (Å²) in [6, 6.07) is 5.30. The molecule has 0 spiro atoms. The molecule has 1 aromatic carbocycles. The van der Waals surface area contributed by atoms with Crippen molar-refractivity contribution < 1.29 is 14.3 Å². The molecule has 1 aromatic heterocycles. The number of nitrogens with zero attached hydrogens (tertiary/aromatic N) is 2. The number of amides is 1. The van der Waals surface area contributed by atoms with Crippen LogP contribution in [-0.2, 0) is 0 Å². The Hall–Kier alpha value is -2.22. The number of nitrogens with one attached hydrogen (secondary N) is 1. The molecule has 7 nitrogen and oxygen atoms in total. The van der Waals surface area contributed by atoms with Gasteiger partial charge in [0.05, 0.1) is 29.6 Å². The maximum atomic E-state index is 12.2. The fourth-order valence-electron chi connectivity index (χ4n) is 2.12. The molecule has 10 heteroatoms. The fourth-order valence-corrected chi connectivity index (χ4v) is 2.72. The molecule has 150 valence electrons.